The highest BCUT2D eigenvalue weighted by Crippen LogP contribution is 2.47. The van der Waals surface area contributed by atoms with Gasteiger partial charge in [-0.15, -0.1) is 0 Å². The molecule has 0 bridgehead atoms. The average molecular weight is 209 g/mol. The lowest BCUT2D eigenvalue weighted by atomic mass is 10.0. The van der Waals surface area contributed by atoms with Crippen LogP contribution in [0, 0.1) is 16.7 Å². The molecule has 0 aromatic heterocycles. The first-order valence-electron chi connectivity index (χ1n) is 5.57. The van der Waals surface area contributed by atoms with E-state index in [2.05, 4.69) is 17.6 Å². The molecule has 84 valence electrons. The smallest absolute Gasteiger partial charge is 0.233 e. The molecule has 1 aliphatic rings. The molecule has 15 heavy (non-hydrogen) atoms. The van der Waals surface area contributed by atoms with E-state index >= 15 is 0 Å². The fourth-order valence-corrected chi connectivity index (χ4v) is 1.59. The van der Waals surface area contributed by atoms with Gasteiger partial charge in [-0.05, 0) is 24.7 Å². The van der Waals surface area contributed by atoms with Crippen molar-refractivity contribution in [2.75, 3.05) is 19.6 Å². The van der Waals surface area contributed by atoms with E-state index in [4.69, 9.17) is 5.26 Å². The van der Waals surface area contributed by atoms with Crippen LogP contribution in [0.15, 0.2) is 0 Å². The van der Waals surface area contributed by atoms with E-state index in [1.54, 1.807) is 0 Å². The fraction of sp³-hybridized carbons (Fsp3) is 0.818. The lowest BCUT2D eigenvalue weighted by Gasteiger charge is -2.12. The van der Waals surface area contributed by atoms with E-state index in [0.29, 0.717) is 24.9 Å². The highest BCUT2D eigenvalue weighted by atomic mass is 16.1. The van der Waals surface area contributed by atoms with Gasteiger partial charge in [0.2, 0.25) is 5.91 Å². The van der Waals surface area contributed by atoms with E-state index < -0.39 is 0 Å². The molecule has 1 fully saturated rings. The van der Waals surface area contributed by atoms with Crippen LogP contribution in [0.1, 0.15) is 32.6 Å². The van der Waals surface area contributed by atoms with Crippen LogP contribution >= 0.6 is 0 Å². The van der Waals surface area contributed by atoms with Gasteiger partial charge in [-0.3, -0.25) is 4.79 Å². The van der Waals surface area contributed by atoms with Crippen LogP contribution < -0.4 is 10.6 Å². The maximum Gasteiger partial charge on any atom is 0.233 e. The first-order chi connectivity index (χ1) is 7.22. The first-order valence-corrected chi connectivity index (χ1v) is 5.57. The van der Waals surface area contributed by atoms with Crippen molar-refractivity contribution < 1.29 is 4.79 Å². The second-order valence-electron chi connectivity index (χ2n) is 4.22. The number of carbonyl (C=O) groups excluding carboxylic acids is 1. The van der Waals surface area contributed by atoms with E-state index in [0.717, 1.165) is 6.54 Å². The Morgan fingerprint density at radius 2 is 2.27 bits per heavy atom. The number of nitrogens with zero attached hydrogens (tertiary/aromatic N) is 1. The van der Waals surface area contributed by atoms with Crippen molar-refractivity contribution in [1.29, 1.82) is 5.26 Å². The molecule has 0 saturated heterocycles. The van der Waals surface area contributed by atoms with Gasteiger partial charge in [-0.1, -0.05) is 6.92 Å². The van der Waals surface area contributed by atoms with E-state index in [1.165, 1.54) is 19.3 Å². The number of rotatable bonds is 7. The standard InChI is InChI=1S/C11H19N3O/c1-2-11(4-5-11)9-13-8-10(15)14-7-3-6-12/h13H,2-5,7-9H2,1H3,(H,14,15). The molecular formula is C11H19N3O. The van der Waals surface area contributed by atoms with Crippen LogP contribution in [-0.2, 0) is 4.79 Å². The summed E-state index contributed by atoms with van der Waals surface area (Å²) in [7, 11) is 0. The molecule has 0 spiro atoms. The number of nitriles is 1. The molecule has 1 rings (SSSR count). The topological polar surface area (TPSA) is 64.9 Å². The lowest BCUT2D eigenvalue weighted by molar-refractivity contribution is -0.120. The molecule has 4 nitrogen and oxygen atoms in total. The summed E-state index contributed by atoms with van der Waals surface area (Å²) in [4.78, 5) is 11.2. The zero-order chi connectivity index (χ0) is 11.1. The zero-order valence-electron chi connectivity index (χ0n) is 9.31. The summed E-state index contributed by atoms with van der Waals surface area (Å²) in [5.74, 6) is -0.0165. The molecule has 2 N–H and O–H groups in total. The Balaban J connectivity index is 2.00. The molecule has 1 aliphatic carbocycles. The van der Waals surface area contributed by atoms with Crippen LogP contribution in [0.25, 0.3) is 0 Å². The SMILES string of the molecule is CCC1(CNCC(=O)NCCC#N)CC1. The molecule has 0 radical (unpaired) electrons. The molecule has 1 saturated carbocycles. The van der Waals surface area contributed by atoms with Gasteiger partial charge in [-0.25, -0.2) is 0 Å². The van der Waals surface area contributed by atoms with E-state index in [9.17, 15) is 4.79 Å². The minimum Gasteiger partial charge on any atom is -0.354 e. The Labute approximate surface area is 91.0 Å². The Hall–Kier alpha value is -1.08. The molecule has 0 aromatic carbocycles. The third-order valence-corrected chi connectivity index (χ3v) is 3.05. The van der Waals surface area contributed by atoms with Gasteiger partial charge < -0.3 is 10.6 Å². The third kappa shape index (κ3) is 4.30. The average Bonchev–Trinajstić information content (AvgIpc) is 2.99. The van der Waals surface area contributed by atoms with Gasteiger partial charge >= 0.3 is 0 Å². The molecular weight excluding hydrogens is 190 g/mol. The minimum atomic E-state index is -0.0165. The summed E-state index contributed by atoms with van der Waals surface area (Å²) in [6.07, 6.45) is 4.14. The molecule has 0 unspecified atom stereocenters. The first kappa shape index (κ1) is 12.0. The van der Waals surface area contributed by atoms with Crippen molar-refractivity contribution in [3.8, 4) is 6.07 Å². The van der Waals surface area contributed by atoms with Gasteiger partial charge in [0.15, 0.2) is 0 Å². The highest BCUT2D eigenvalue weighted by Gasteiger charge is 2.39. The summed E-state index contributed by atoms with van der Waals surface area (Å²) in [6, 6.07) is 1.99. The maximum absolute atomic E-state index is 11.2. The number of nitrogens with one attached hydrogen (secondary N) is 2. The highest BCUT2D eigenvalue weighted by molar-refractivity contribution is 5.77. The summed E-state index contributed by atoms with van der Waals surface area (Å²) in [5, 5.41) is 14.1. The van der Waals surface area contributed by atoms with Crippen molar-refractivity contribution in [3.05, 3.63) is 0 Å². The lowest BCUT2D eigenvalue weighted by Crippen LogP contribution is -2.36. The van der Waals surface area contributed by atoms with E-state index in [1.807, 2.05) is 6.07 Å². The quantitative estimate of drug-likeness (QED) is 0.609. The second kappa shape index (κ2) is 5.72. The Bertz CT molecular complexity index is 253. The van der Waals surface area contributed by atoms with Crippen molar-refractivity contribution in [2.45, 2.75) is 32.6 Å². The van der Waals surface area contributed by atoms with Crippen molar-refractivity contribution in [3.63, 3.8) is 0 Å². The Morgan fingerprint density at radius 1 is 1.53 bits per heavy atom. The number of hydrogen-bond donors (Lipinski definition) is 2. The second-order valence-corrected chi connectivity index (χ2v) is 4.22. The Kier molecular flexibility index (Phi) is 4.57. The van der Waals surface area contributed by atoms with Gasteiger partial charge in [0, 0.05) is 13.1 Å². The predicted octanol–water partition coefficient (Wildman–Crippen LogP) is 0.796. The van der Waals surface area contributed by atoms with Gasteiger partial charge in [0.25, 0.3) is 0 Å². The molecule has 4 heteroatoms. The number of carbonyl (C=O) groups is 1. The summed E-state index contributed by atoms with van der Waals surface area (Å²) >= 11 is 0. The summed E-state index contributed by atoms with van der Waals surface area (Å²) in [5.41, 5.74) is 0.479. The fourth-order valence-electron chi connectivity index (χ4n) is 1.59. The van der Waals surface area contributed by atoms with Crippen LogP contribution in [0.2, 0.25) is 0 Å². The number of hydrogen-bond acceptors (Lipinski definition) is 3. The van der Waals surface area contributed by atoms with Gasteiger partial charge in [0.05, 0.1) is 19.0 Å². The molecule has 0 aromatic rings. The normalized spacial score (nSPS) is 16.8. The minimum absolute atomic E-state index is 0.0165. The number of amides is 1. The zero-order valence-corrected chi connectivity index (χ0v) is 9.31. The van der Waals surface area contributed by atoms with Gasteiger partial charge in [-0.2, -0.15) is 5.26 Å². The maximum atomic E-state index is 11.2. The van der Waals surface area contributed by atoms with Crippen molar-refractivity contribution in [2.24, 2.45) is 5.41 Å². The molecule has 0 atom stereocenters. The monoisotopic (exact) mass is 209 g/mol. The predicted molar refractivity (Wildman–Crippen MR) is 58.1 cm³/mol. The van der Waals surface area contributed by atoms with Gasteiger partial charge in [0.1, 0.15) is 0 Å². The summed E-state index contributed by atoms with van der Waals surface area (Å²) < 4.78 is 0. The largest absolute Gasteiger partial charge is 0.354 e. The molecule has 1 amide bonds. The van der Waals surface area contributed by atoms with Crippen molar-refractivity contribution in [1.82, 2.24) is 10.6 Å². The van der Waals surface area contributed by atoms with Crippen LogP contribution in [0.4, 0.5) is 0 Å². The van der Waals surface area contributed by atoms with Crippen LogP contribution in [0.5, 0.6) is 0 Å². The van der Waals surface area contributed by atoms with Crippen molar-refractivity contribution >= 4 is 5.91 Å². The molecule has 0 aliphatic heterocycles. The summed E-state index contributed by atoms with van der Waals surface area (Å²) in [6.45, 7) is 3.96. The van der Waals surface area contributed by atoms with Crippen LogP contribution in [-0.4, -0.2) is 25.5 Å². The Morgan fingerprint density at radius 3 is 2.80 bits per heavy atom. The molecule has 0 heterocycles. The van der Waals surface area contributed by atoms with E-state index in [-0.39, 0.29) is 5.91 Å². The third-order valence-electron chi connectivity index (χ3n) is 3.05. The van der Waals surface area contributed by atoms with Crippen LogP contribution in [0.3, 0.4) is 0 Å².